The molecule has 13 heavy (non-hydrogen) atoms. The van der Waals surface area contributed by atoms with Crippen molar-refractivity contribution in [2.45, 2.75) is 52.1 Å². The molecule has 0 aliphatic carbocycles. The lowest BCUT2D eigenvalue weighted by Crippen LogP contribution is -2.04. The molecule has 0 radical (unpaired) electrons. The molecule has 0 saturated heterocycles. The van der Waals surface area contributed by atoms with Crippen LogP contribution in [0.25, 0.3) is 0 Å². The number of hydrogen-bond donors (Lipinski definition) is 0. The highest BCUT2D eigenvalue weighted by Crippen LogP contribution is 2.45. The van der Waals surface area contributed by atoms with E-state index in [1.165, 1.54) is 12.8 Å². The van der Waals surface area contributed by atoms with Crippen LogP contribution in [0.15, 0.2) is 0 Å². The third-order valence-electron chi connectivity index (χ3n) is 1.83. The van der Waals surface area contributed by atoms with E-state index in [-0.39, 0.29) is 6.10 Å². The lowest BCUT2D eigenvalue weighted by Gasteiger charge is -2.12. The molecule has 0 bridgehead atoms. The second kappa shape index (κ2) is 6.56. The zero-order valence-corrected chi connectivity index (χ0v) is 9.65. The summed E-state index contributed by atoms with van der Waals surface area (Å²) in [5, 5.41) is 0. The number of halogens is 1. The van der Waals surface area contributed by atoms with Gasteiger partial charge in [0.05, 0.1) is 6.10 Å². The van der Waals surface area contributed by atoms with Crippen molar-refractivity contribution in [1.29, 1.82) is 0 Å². The SMILES string of the molecule is CCCCCC[C@@H](C)OP(C)(=O)F. The summed E-state index contributed by atoms with van der Waals surface area (Å²) < 4.78 is 27.9. The van der Waals surface area contributed by atoms with E-state index < -0.39 is 7.68 Å². The van der Waals surface area contributed by atoms with Crippen molar-refractivity contribution in [3.05, 3.63) is 0 Å². The molecule has 2 nitrogen and oxygen atoms in total. The highest BCUT2D eigenvalue weighted by atomic mass is 31.2. The molecule has 0 heterocycles. The van der Waals surface area contributed by atoms with Crippen LogP contribution in [0, 0.1) is 0 Å². The van der Waals surface area contributed by atoms with E-state index in [4.69, 9.17) is 4.52 Å². The first-order valence-electron chi connectivity index (χ1n) is 4.91. The predicted octanol–water partition coefficient (Wildman–Crippen LogP) is 4.15. The third kappa shape index (κ3) is 10.0. The lowest BCUT2D eigenvalue weighted by molar-refractivity contribution is 0.195. The van der Waals surface area contributed by atoms with E-state index in [2.05, 4.69) is 6.92 Å². The van der Waals surface area contributed by atoms with Crippen molar-refractivity contribution in [3.8, 4) is 0 Å². The molecule has 0 spiro atoms. The fraction of sp³-hybridized carbons (Fsp3) is 1.00. The molecule has 0 aliphatic heterocycles. The van der Waals surface area contributed by atoms with Crippen molar-refractivity contribution < 1.29 is 13.3 Å². The summed E-state index contributed by atoms with van der Waals surface area (Å²) in [6, 6.07) is 0. The molecule has 0 rings (SSSR count). The zero-order valence-electron chi connectivity index (χ0n) is 8.75. The molecule has 4 heteroatoms. The molecule has 0 aromatic carbocycles. The maximum Gasteiger partial charge on any atom is 0.364 e. The summed E-state index contributed by atoms with van der Waals surface area (Å²) in [5.41, 5.74) is 0. The Morgan fingerprint density at radius 3 is 2.46 bits per heavy atom. The van der Waals surface area contributed by atoms with Crippen molar-refractivity contribution in [1.82, 2.24) is 0 Å². The lowest BCUT2D eigenvalue weighted by atomic mass is 10.1. The first-order chi connectivity index (χ1) is 5.95. The summed E-state index contributed by atoms with van der Waals surface area (Å²) in [5.74, 6) is 0. The van der Waals surface area contributed by atoms with Crippen LogP contribution in [-0.4, -0.2) is 12.8 Å². The minimum atomic E-state index is -3.78. The standard InChI is InChI=1S/C9H20FO2P/c1-4-5-6-7-8-9(2)12-13(3,10)11/h9H,4-8H2,1-3H3/t9-,13?/m1/s1. The topological polar surface area (TPSA) is 26.3 Å². The summed E-state index contributed by atoms with van der Waals surface area (Å²) >= 11 is 0. The number of unbranched alkanes of at least 4 members (excludes halogenated alkanes) is 3. The van der Waals surface area contributed by atoms with Gasteiger partial charge in [0.15, 0.2) is 0 Å². The Labute approximate surface area is 80.4 Å². The van der Waals surface area contributed by atoms with Gasteiger partial charge < -0.3 is 4.52 Å². The Morgan fingerprint density at radius 2 is 2.00 bits per heavy atom. The molecule has 0 saturated carbocycles. The summed E-state index contributed by atoms with van der Waals surface area (Å²) in [6.45, 7) is 4.92. The Hall–Kier alpha value is 0.120. The van der Waals surface area contributed by atoms with Gasteiger partial charge in [-0.05, 0) is 13.3 Å². The van der Waals surface area contributed by atoms with Gasteiger partial charge in [0.2, 0.25) is 0 Å². The van der Waals surface area contributed by atoms with Crippen LogP contribution in [0.2, 0.25) is 0 Å². The van der Waals surface area contributed by atoms with Crippen LogP contribution >= 0.6 is 7.68 Å². The Bertz CT molecular complexity index is 167. The van der Waals surface area contributed by atoms with Crippen LogP contribution in [0.4, 0.5) is 4.20 Å². The quantitative estimate of drug-likeness (QED) is 0.466. The van der Waals surface area contributed by atoms with E-state index in [0.29, 0.717) is 0 Å². The fourth-order valence-electron chi connectivity index (χ4n) is 1.23. The average molecular weight is 210 g/mol. The Balaban J connectivity index is 3.41. The summed E-state index contributed by atoms with van der Waals surface area (Å²) in [7, 11) is -3.78. The Kier molecular flexibility index (Phi) is 6.62. The first-order valence-corrected chi connectivity index (χ1v) is 6.87. The fourth-order valence-corrected chi connectivity index (χ4v) is 1.98. The molecule has 0 aromatic rings. The van der Waals surface area contributed by atoms with Crippen LogP contribution in [0.3, 0.4) is 0 Å². The van der Waals surface area contributed by atoms with E-state index in [0.717, 1.165) is 25.9 Å². The van der Waals surface area contributed by atoms with E-state index in [1.54, 1.807) is 6.92 Å². The molecule has 0 aliphatic rings. The maximum absolute atomic E-state index is 12.5. The average Bonchev–Trinajstić information content (AvgIpc) is 1.94. The van der Waals surface area contributed by atoms with Gasteiger partial charge >= 0.3 is 7.68 Å². The van der Waals surface area contributed by atoms with E-state index in [9.17, 15) is 8.76 Å². The first kappa shape index (κ1) is 13.1. The van der Waals surface area contributed by atoms with Crippen molar-refractivity contribution in [2.75, 3.05) is 6.66 Å². The molecular formula is C9H20FO2P. The van der Waals surface area contributed by atoms with Crippen LogP contribution in [0.1, 0.15) is 46.0 Å². The maximum atomic E-state index is 12.5. The van der Waals surface area contributed by atoms with Gasteiger partial charge in [-0.3, -0.25) is 4.57 Å². The Morgan fingerprint density at radius 1 is 1.38 bits per heavy atom. The monoisotopic (exact) mass is 210 g/mol. The van der Waals surface area contributed by atoms with Gasteiger partial charge in [0, 0.05) is 6.66 Å². The zero-order chi connectivity index (χ0) is 10.3. The second-order valence-corrected chi connectivity index (χ2v) is 5.22. The number of rotatable bonds is 7. The van der Waals surface area contributed by atoms with E-state index in [1.807, 2.05) is 0 Å². The number of hydrogen-bond acceptors (Lipinski definition) is 2. The molecule has 1 unspecified atom stereocenters. The van der Waals surface area contributed by atoms with Crippen molar-refractivity contribution in [3.63, 3.8) is 0 Å². The molecule has 0 amide bonds. The molecule has 2 atom stereocenters. The van der Waals surface area contributed by atoms with Crippen LogP contribution in [0.5, 0.6) is 0 Å². The van der Waals surface area contributed by atoms with Gasteiger partial charge in [-0.1, -0.05) is 32.6 Å². The van der Waals surface area contributed by atoms with Gasteiger partial charge in [-0.2, -0.15) is 4.20 Å². The normalized spacial score (nSPS) is 18.2. The second-order valence-electron chi connectivity index (χ2n) is 3.51. The van der Waals surface area contributed by atoms with Gasteiger partial charge in [0.1, 0.15) is 0 Å². The van der Waals surface area contributed by atoms with Gasteiger partial charge in [-0.25, -0.2) is 0 Å². The van der Waals surface area contributed by atoms with Crippen molar-refractivity contribution in [2.24, 2.45) is 0 Å². The minimum Gasteiger partial charge on any atom is -0.303 e. The molecule has 80 valence electrons. The smallest absolute Gasteiger partial charge is 0.303 e. The van der Waals surface area contributed by atoms with Gasteiger partial charge in [0.25, 0.3) is 0 Å². The van der Waals surface area contributed by atoms with Crippen LogP contribution < -0.4 is 0 Å². The highest BCUT2D eigenvalue weighted by molar-refractivity contribution is 7.52. The van der Waals surface area contributed by atoms with E-state index >= 15 is 0 Å². The van der Waals surface area contributed by atoms with Gasteiger partial charge in [-0.15, -0.1) is 0 Å². The molecule has 0 fully saturated rings. The molecule has 0 N–H and O–H groups in total. The minimum absolute atomic E-state index is 0.224. The molecule has 0 aromatic heterocycles. The third-order valence-corrected chi connectivity index (χ3v) is 2.57. The predicted molar refractivity (Wildman–Crippen MR) is 53.9 cm³/mol. The summed E-state index contributed by atoms with van der Waals surface area (Å²) in [6.07, 6.45) is 5.12. The largest absolute Gasteiger partial charge is 0.364 e. The van der Waals surface area contributed by atoms with Crippen molar-refractivity contribution >= 4 is 7.68 Å². The molecular weight excluding hydrogens is 190 g/mol. The van der Waals surface area contributed by atoms with Crippen LogP contribution in [-0.2, 0) is 9.09 Å². The highest BCUT2D eigenvalue weighted by Gasteiger charge is 2.17. The summed E-state index contributed by atoms with van der Waals surface area (Å²) in [4.78, 5) is 0.